The van der Waals surface area contributed by atoms with Gasteiger partial charge < -0.3 is 20.6 Å². The molecule has 6 heteroatoms. The Morgan fingerprint density at radius 2 is 1.93 bits per heavy atom. The molecule has 0 bridgehead atoms. The van der Waals surface area contributed by atoms with E-state index in [-0.39, 0.29) is 18.2 Å². The van der Waals surface area contributed by atoms with Crippen LogP contribution in [-0.2, 0) is 0 Å². The predicted octanol–water partition coefficient (Wildman–Crippen LogP) is 3.78. The molecule has 2 aromatic rings. The number of nitrogens with zero attached hydrogens (tertiary/aromatic N) is 2. The number of nitrogens with one attached hydrogen (secondary N) is 2. The molecule has 0 saturated carbocycles. The van der Waals surface area contributed by atoms with Gasteiger partial charge >= 0.3 is 0 Å². The van der Waals surface area contributed by atoms with Gasteiger partial charge in [-0.05, 0) is 50.5 Å². The first kappa shape index (κ1) is 21.1. The summed E-state index contributed by atoms with van der Waals surface area (Å²) in [4.78, 5) is 6.88. The minimum absolute atomic E-state index is 0.0426. The third-order valence-corrected chi connectivity index (χ3v) is 5.23. The number of hydrogen-bond donors (Lipinski definition) is 3. The molecule has 0 amide bonds. The second-order valence-electron chi connectivity index (χ2n) is 7.41. The lowest BCUT2D eigenvalue weighted by atomic mass is 10.1. The Kier molecular flexibility index (Phi) is 7.47. The fourth-order valence-electron chi connectivity index (χ4n) is 3.60. The second kappa shape index (κ2) is 10.3. The van der Waals surface area contributed by atoms with Crippen LogP contribution in [0.15, 0.2) is 53.5 Å². The third kappa shape index (κ3) is 5.70. The van der Waals surface area contributed by atoms with E-state index in [0.29, 0.717) is 12.5 Å². The maximum absolute atomic E-state index is 13.9. The molecule has 2 unspecified atom stereocenters. The molecule has 3 rings (SSSR count). The number of anilines is 1. The molecule has 1 saturated heterocycles. The third-order valence-electron chi connectivity index (χ3n) is 5.23. The van der Waals surface area contributed by atoms with Gasteiger partial charge in [0, 0.05) is 30.9 Å². The molecule has 156 valence electrons. The number of aliphatic hydroxyl groups excluding tert-OH is 1. The average Bonchev–Trinajstić information content (AvgIpc) is 3.27. The van der Waals surface area contributed by atoms with Gasteiger partial charge in [0.1, 0.15) is 11.9 Å². The highest BCUT2D eigenvalue weighted by Gasteiger charge is 2.15. The topological polar surface area (TPSA) is 59.9 Å². The molecule has 29 heavy (non-hydrogen) atoms. The first-order valence-corrected chi connectivity index (χ1v) is 10.4. The summed E-state index contributed by atoms with van der Waals surface area (Å²) >= 11 is 0. The molecule has 2 aromatic carbocycles. The normalized spacial score (nSPS) is 16.6. The van der Waals surface area contributed by atoms with Gasteiger partial charge in [0.05, 0.1) is 12.6 Å². The van der Waals surface area contributed by atoms with Crippen LogP contribution >= 0.6 is 0 Å². The lowest BCUT2D eigenvalue weighted by molar-refractivity contribution is 0.182. The zero-order valence-electron chi connectivity index (χ0n) is 17.2. The summed E-state index contributed by atoms with van der Waals surface area (Å²) in [5, 5.41) is 16.9. The number of guanidine groups is 1. The van der Waals surface area contributed by atoms with Gasteiger partial charge in [-0.2, -0.15) is 0 Å². The van der Waals surface area contributed by atoms with Crippen molar-refractivity contribution in [3.63, 3.8) is 0 Å². The van der Waals surface area contributed by atoms with Crippen LogP contribution in [-0.4, -0.2) is 37.2 Å². The van der Waals surface area contributed by atoms with Crippen molar-refractivity contribution in [1.82, 2.24) is 10.6 Å². The predicted molar refractivity (Wildman–Crippen MR) is 117 cm³/mol. The SMILES string of the molecule is CCNC(=NCC(O)c1ccccc1F)NC(C)c1cccc(N2CCCC2)c1. The van der Waals surface area contributed by atoms with Crippen molar-refractivity contribution in [2.45, 2.75) is 38.8 Å². The number of hydrogen-bond acceptors (Lipinski definition) is 3. The second-order valence-corrected chi connectivity index (χ2v) is 7.41. The van der Waals surface area contributed by atoms with E-state index in [2.05, 4.69) is 51.7 Å². The number of aliphatic imine (C=N–C) groups is 1. The summed E-state index contributed by atoms with van der Waals surface area (Å²) in [5.41, 5.74) is 2.69. The Morgan fingerprint density at radius 1 is 1.17 bits per heavy atom. The lowest BCUT2D eigenvalue weighted by Crippen LogP contribution is -2.39. The van der Waals surface area contributed by atoms with Crippen LogP contribution < -0.4 is 15.5 Å². The molecule has 0 aliphatic carbocycles. The molecule has 0 aromatic heterocycles. The molecule has 1 fully saturated rings. The average molecular weight is 399 g/mol. The van der Waals surface area contributed by atoms with Gasteiger partial charge in [0.25, 0.3) is 0 Å². The lowest BCUT2D eigenvalue weighted by Gasteiger charge is -2.22. The van der Waals surface area contributed by atoms with Crippen molar-refractivity contribution in [2.24, 2.45) is 4.99 Å². The minimum Gasteiger partial charge on any atom is -0.386 e. The Morgan fingerprint density at radius 3 is 2.66 bits per heavy atom. The maximum atomic E-state index is 13.9. The van der Waals surface area contributed by atoms with Gasteiger partial charge in [0.15, 0.2) is 5.96 Å². The van der Waals surface area contributed by atoms with Crippen LogP contribution in [0, 0.1) is 5.82 Å². The molecule has 1 aliphatic rings. The van der Waals surface area contributed by atoms with Gasteiger partial charge in [-0.25, -0.2) is 4.39 Å². The highest BCUT2D eigenvalue weighted by molar-refractivity contribution is 5.80. The molecular weight excluding hydrogens is 367 g/mol. The summed E-state index contributed by atoms with van der Waals surface area (Å²) in [7, 11) is 0. The molecule has 0 spiro atoms. The highest BCUT2D eigenvalue weighted by Crippen LogP contribution is 2.24. The summed E-state index contributed by atoms with van der Waals surface area (Å²) in [6.07, 6.45) is 1.51. The van der Waals surface area contributed by atoms with Crippen molar-refractivity contribution >= 4 is 11.6 Å². The Hall–Kier alpha value is -2.60. The fraction of sp³-hybridized carbons (Fsp3) is 0.435. The van der Waals surface area contributed by atoms with Crippen molar-refractivity contribution < 1.29 is 9.50 Å². The van der Waals surface area contributed by atoms with E-state index in [1.165, 1.54) is 30.2 Å². The summed E-state index contributed by atoms with van der Waals surface area (Å²) in [6, 6.07) is 14.9. The van der Waals surface area contributed by atoms with E-state index in [4.69, 9.17) is 0 Å². The molecule has 0 radical (unpaired) electrons. The highest BCUT2D eigenvalue weighted by atomic mass is 19.1. The molecule has 1 aliphatic heterocycles. The zero-order chi connectivity index (χ0) is 20.6. The van der Waals surface area contributed by atoms with Crippen LogP contribution in [0.25, 0.3) is 0 Å². The van der Waals surface area contributed by atoms with Crippen molar-refractivity contribution in [2.75, 3.05) is 31.1 Å². The maximum Gasteiger partial charge on any atom is 0.191 e. The van der Waals surface area contributed by atoms with E-state index in [1.54, 1.807) is 18.2 Å². The monoisotopic (exact) mass is 398 g/mol. The van der Waals surface area contributed by atoms with Crippen molar-refractivity contribution in [1.29, 1.82) is 0 Å². The number of aliphatic hydroxyl groups is 1. The zero-order valence-corrected chi connectivity index (χ0v) is 17.2. The van der Waals surface area contributed by atoms with Crippen LogP contribution in [0.2, 0.25) is 0 Å². The van der Waals surface area contributed by atoms with Crippen molar-refractivity contribution in [3.05, 3.63) is 65.5 Å². The van der Waals surface area contributed by atoms with E-state index >= 15 is 0 Å². The Labute approximate surface area is 172 Å². The smallest absolute Gasteiger partial charge is 0.191 e. The molecule has 2 atom stereocenters. The Bertz CT molecular complexity index is 820. The minimum atomic E-state index is -0.986. The van der Waals surface area contributed by atoms with Crippen LogP contribution in [0.1, 0.15) is 50.0 Å². The fourth-order valence-corrected chi connectivity index (χ4v) is 3.60. The van der Waals surface area contributed by atoms with Gasteiger partial charge in [-0.1, -0.05) is 30.3 Å². The molecule has 1 heterocycles. The number of benzene rings is 2. The van der Waals surface area contributed by atoms with Gasteiger partial charge in [-0.15, -0.1) is 0 Å². The van der Waals surface area contributed by atoms with Crippen LogP contribution in [0.3, 0.4) is 0 Å². The van der Waals surface area contributed by atoms with Crippen LogP contribution in [0.4, 0.5) is 10.1 Å². The van der Waals surface area contributed by atoms with E-state index in [0.717, 1.165) is 13.1 Å². The summed E-state index contributed by atoms with van der Waals surface area (Å²) < 4.78 is 13.9. The Balaban J connectivity index is 1.67. The quantitative estimate of drug-likeness (QED) is 0.491. The van der Waals surface area contributed by atoms with Gasteiger partial charge in [0.2, 0.25) is 0 Å². The molecular formula is C23H31FN4O. The largest absolute Gasteiger partial charge is 0.386 e. The molecule has 5 nitrogen and oxygen atoms in total. The summed E-state index contributed by atoms with van der Waals surface area (Å²) in [6.45, 7) is 7.08. The van der Waals surface area contributed by atoms with E-state index in [9.17, 15) is 9.50 Å². The van der Waals surface area contributed by atoms with Gasteiger partial charge in [-0.3, -0.25) is 4.99 Å². The van der Waals surface area contributed by atoms with E-state index in [1.807, 2.05) is 6.92 Å². The number of rotatable bonds is 7. The first-order chi connectivity index (χ1) is 14.1. The first-order valence-electron chi connectivity index (χ1n) is 10.4. The summed E-state index contributed by atoms with van der Waals surface area (Å²) in [5.74, 6) is 0.183. The standard InChI is InChI=1S/C23H31FN4O/c1-3-25-23(26-16-22(29)20-11-4-5-12-21(20)24)27-17(2)18-9-8-10-19(15-18)28-13-6-7-14-28/h4-5,8-12,15,17,22,29H,3,6-7,13-14,16H2,1-2H3,(H2,25,26,27). The number of halogens is 1. The van der Waals surface area contributed by atoms with Crippen LogP contribution in [0.5, 0.6) is 0 Å². The van der Waals surface area contributed by atoms with Crippen molar-refractivity contribution in [3.8, 4) is 0 Å². The molecule has 3 N–H and O–H groups in total. The van der Waals surface area contributed by atoms with E-state index < -0.39 is 11.9 Å².